The van der Waals surface area contributed by atoms with Gasteiger partial charge in [-0.3, -0.25) is 0 Å². The van der Waals surface area contributed by atoms with E-state index in [0.717, 1.165) is 24.0 Å². The van der Waals surface area contributed by atoms with Crippen molar-refractivity contribution < 1.29 is 4.39 Å². The van der Waals surface area contributed by atoms with Gasteiger partial charge in [0.05, 0.1) is 5.56 Å². The van der Waals surface area contributed by atoms with Gasteiger partial charge in [0, 0.05) is 23.1 Å². The summed E-state index contributed by atoms with van der Waals surface area (Å²) in [6.07, 6.45) is 1.95. The van der Waals surface area contributed by atoms with Gasteiger partial charge in [-0.05, 0) is 48.9 Å². The van der Waals surface area contributed by atoms with Crippen molar-refractivity contribution in [3.05, 3.63) is 70.5 Å². The van der Waals surface area contributed by atoms with E-state index in [9.17, 15) is 4.39 Å². The average molecular weight is 287 g/mol. The molecule has 0 unspecified atom stereocenters. The largest absolute Gasteiger partial charge is 0.206 e. The first-order valence-electron chi connectivity index (χ1n) is 7.03. The summed E-state index contributed by atoms with van der Waals surface area (Å²) in [4.78, 5) is 0. The number of hydrogen-bond donors (Lipinski definition) is 0. The van der Waals surface area contributed by atoms with Gasteiger partial charge >= 0.3 is 0 Å². The number of rotatable bonds is 1. The van der Waals surface area contributed by atoms with Crippen molar-refractivity contribution in [2.45, 2.75) is 19.8 Å². The summed E-state index contributed by atoms with van der Waals surface area (Å²) in [5.41, 5.74) is 2.37. The maximum absolute atomic E-state index is 13.5. The van der Waals surface area contributed by atoms with Crippen LogP contribution in [0, 0.1) is 40.8 Å². The summed E-state index contributed by atoms with van der Waals surface area (Å²) in [5, 5.41) is 8.68. The molecule has 0 amide bonds. The molecular formula is C20H14FN. The number of nitriles is 1. The Morgan fingerprint density at radius 2 is 1.50 bits per heavy atom. The highest BCUT2D eigenvalue weighted by molar-refractivity contribution is 5.47. The van der Waals surface area contributed by atoms with Crippen LogP contribution < -0.4 is 0 Å². The van der Waals surface area contributed by atoms with Crippen molar-refractivity contribution in [3.63, 3.8) is 0 Å². The van der Waals surface area contributed by atoms with Gasteiger partial charge < -0.3 is 0 Å². The Morgan fingerprint density at radius 1 is 0.909 bits per heavy atom. The van der Waals surface area contributed by atoms with Crippen molar-refractivity contribution in [3.8, 4) is 29.8 Å². The van der Waals surface area contributed by atoms with Crippen molar-refractivity contribution in [1.82, 2.24) is 0 Å². The van der Waals surface area contributed by atoms with Crippen LogP contribution in [0.1, 0.15) is 42.0 Å². The second-order valence-electron chi connectivity index (χ2n) is 4.69. The zero-order valence-corrected chi connectivity index (χ0v) is 12.3. The number of hydrogen-bond acceptors (Lipinski definition) is 1. The quantitative estimate of drug-likeness (QED) is 0.719. The summed E-state index contributed by atoms with van der Waals surface area (Å²) in [6.45, 7) is 2.10. The van der Waals surface area contributed by atoms with E-state index in [-0.39, 0.29) is 5.56 Å². The van der Waals surface area contributed by atoms with Crippen LogP contribution in [0.25, 0.3) is 0 Å². The minimum atomic E-state index is -0.546. The van der Waals surface area contributed by atoms with E-state index in [1.807, 2.05) is 24.3 Å². The van der Waals surface area contributed by atoms with Crippen LogP contribution in [0.2, 0.25) is 0 Å². The molecule has 0 bridgehead atoms. The number of halogens is 1. The van der Waals surface area contributed by atoms with Gasteiger partial charge in [-0.25, -0.2) is 4.39 Å². The molecule has 22 heavy (non-hydrogen) atoms. The summed E-state index contributed by atoms with van der Waals surface area (Å²) in [5.74, 6) is 11.5. The molecule has 0 saturated carbocycles. The zero-order chi connectivity index (χ0) is 15.8. The van der Waals surface area contributed by atoms with E-state index in [4.69, 9.17) is 5.26 Å². The molecule has 1 nitrogen and oxygen atoms in total. The van der Waals surface area contributed by atoms with E-state index in [2.05, 4.69) is 30.6 Å². The Balaban J connectivity index is 2.14. The highest BCUT2D eigenvalue weighted by atomic mass is 19.1. The van der Waals surface area contributed by atoms with Crippen LogP contribution in [0.3, 0.4) is 0 Å². The van der Waals surface area contributed by atoms with E-state index >= 15 is 0 Å². The van der Waals surface area contributed by atoms with Crippen molar-refractivity contribution in [1.29, 1.82) is 5.26 Å². The van der Waals surface area contributed by atoms with Gasteiger partial charge in [0.25, 0.3) is 0 Å². The Labute approximate surface area is 130 Å². The lowest BCUT2D eigenvalue weighted by molar-refractivity contribution is 0.623. The van der Waals surface area contributed by atoms with Gasteiger partial charge in [0.15, 0.2) is 0 Å². The second-order valence-corrected chi connectivity index (χ2v) is 4.69. The lowest BCUT2D eigenvalue weighted by atomic mass is 10.1. The Kier molecular flexibility index (Phi) is 5.37. The standard InChI is InChI=1S/C20H14FN/c1-2-3-4-5-16-6-8-17(9-7-16)10-11-18-12-13-19(15-22)20(21)14-18/h6-9,12-14H,2-3H2,1H3. The van der Waals surface area contributed by atoms with E-state index in [1.54, 1.807) is 12.1 Å². The summed E-state index contributed by atoms with van der Waals surface area (Å²) >= 11 is 0. The SMILES string of the molecule is CCCC#Cc1ccc(C#Cc2ccc(C#N)c(F)c2)cc1. The predicted molar refractivity (Wildman–Crippen MR) is 85.3 cm³/mol. The molecule has 0 aliphatic carbocycles. The molecule has 0 aliphatic heterocycles. The second kappa shape index (κ2) is 7.68. The maximum atomic E-state index is 13.5. The highest BCUT2D eigenvalue weighted by Gasteiger charge is 2.00. The molecular weight excluding hydrogens is 273 g/mol. The third kappa shape index (κ3) is 4.24. The van der Waals surface area contributed by atoms with Crippen molar-refractivity contribution in [2.75, 3.05) is 0 Å². The molecule has 2 heteroatoms. The molecule has 2 aromatic rings. The van der Waals surface area contributed by atoms with E-state index < -0.39 is 5.82 Å². The number of nitrogens with zero attached hydrogens (tertiary/aromatic N) is 1. The van der Waals surface area contributed by atoms with Gasteiger partial charge in [0.2, 0.25) is 0 Å². The third-order valence-electron chi connectivity index (χ3n) is 2.93. The van der Waals surface area contributed by atoms with Crippen LogP contribution >= 0.6 is 0 Å². The Bertz CT molecular complexity index is 818. The first-order chi connectivity index (χ1) is 10.7. The number of benzene rings is 2. The van der Waals surface area contributed by atoms with Crippen LogP contribution in [0.5, 0.6) is 0 Å². The zero-order valence-electron chi connectivity index (χ0n) is 12.3. The van der Waals surface area contributed by atoms with Crippen molar-refractivity contribution >= 4 is 0 Å². The van der Waals surface area contributed by atoms with Gasteiger partial charge in [-0.15, -0.1) is 0 Å². The molecule has 2 aromatic carbocycles. The van der Waals surface area contributed by atoms with E-state index in [0.29, 0.717) is 5.56 Å². The molecule has 0 spiro atoms. The first-order valence-corrected chi connectivity index (χ1v) is 7.03. The lowest BCUT2D eigenvalue weighted by Crippen LogP contribution is -1.85. The maximum Gasteiger partial charge on any atom is 0.142 e. The monoisotopic (exact) mass is 287 g/mol. The fraction of sp³-hybridized carbons (Fsp3) is 0.150. The number of unbranched alkanes of at least 4 members (excludes halogenated alkanes) is 1. The van der Waals surface area contributed by atoms with Crippen LogP contribution in [0.4, 0.5) is 4.39 Å². The Morgan fingerprint density at radius 3 is 2.09 bits per heavy atom. The Hall–Kier alpha value is -3.02. The third-order valence-corrected chi connectivity index (χ3v) is 2.93. The fourth-order valence-electron chi connectivity index (χ4n) is 1.75. The van der Waals surface area contributed by atoms with Gasteiger partial charge in [-0.1, -0.05) is 30.6 Å². The molecule has 106 valence electrons. The fourth-order valence-corrected chi connectivity index (χ4v) is 1.75. The minimum absolute atomic E-state index is 0.0283. The normalized spacial score (nSPS) is 8.95. The lowest BCUT2D eigenvalue weighted by Gasteiger charge is -1.94. The van der Waals surface area contributed by atoms with E-state index in [1.165, 1.54) is 12.1 Å². The average Bonchev–Trinajstić information content (AvgIpc) is 2.54. The van der Waals surface area contributed by atoms with Crippen LogP contribution in [-0.2, 0) is 0 Å². The smallest absolute Gasteiger partial charge is 0.142 e. The summed E-state index contributed by atoms with van der Waals surface area (Å²) in [7, 11) is 0. The van der Waals surface area contributed by atoms with Crippen LogP contribution in [-0.4, -0.2) is 0 Å². The molecule has 0 fully saturated rings. The topological polar surface area (TPSA) is 23.8 Å². The molecule has 0 atom stereocenters. The van der Waals surface area contributed by atoms with Crippen LogP contribution in [0.15, 0.2) is 42.5 Å². The summed E-state index contributed by atoms with van der Waals surface area (Å²) in [6, 6.07) is 13.8. The summed E-state index contributed by atoms with van der Waals surface area (Å²) < 4.78 is 13.5. The minimum Gasteiger partial charge on any atom is -0.206 e. The molecule has 0 N–H and O–H groups in total. The highest BCUT2D eigenvalue weighted by Crippen LogP contribution is 2.09. The molecule has 0 aliphatic rings. The molecule has 2 rings (SSSR count). The predicted octanol–water partition coefficient (Wildman–Crippen LogP) is 4.25. The molecule has 0 heterocycles. The van der Waals surface area contributed by atoms with Gasteiger partial charge in [0.1, 0.15) is 11.9 Å². The molecule has 0 saturated heterocycles. The van der Waals surface area contributed by atoms with Gasteiger partial charge in [-0.2, -0.15) is 5.26 Å². The molecule has 0 aromatic heterocycles. The molecule has 0 radical (unpaired) electrons. The first kappa shape index (κ1) is 15.4. The van der Waals surface area contributed by atoms with Crippen molar-refractivity contribution in [2.24, 2.45) is 0 Å².